The molecule has 0 bridgehead atoms. The first-order chi connectivity index (χ1) is 5.72. The number of rotatable bonds is 7. The molecule has 3 heteroatoms. The summed E-state index contributed by atoms with van der Waals surface area (Å²) in [5, 5.41) is -0.0496. The van der Waals surface area contributed by atoms with Crippen molar-refractivity contribution in [2.24, 2.45) is 5.92 Å². The van der Waals surface area contributed by atoms with E-state index in [9.17, 15) is 4.79 Å². The molecule has 1 nitrogen and oxygen atoms in total. The standard InChI is InChI=1S/C9H14OS2/c1-3-5-8(9(10)11)7-12-6-4-2/h3-4,8H,1-2,5-7H2,(H,10,11). The lowest BCUT2D eigenvalue weighted by molar-refractivity contribution is -0.113. The normalized spacial score (nSPS) is 12.1. The van der Waals surface area contributed by atoms with Gasteiger partial charge in [0.2, 0.25) is 0 Å². The van der Waals surface area contributed by atoms with Gasteiger partial charge in [-0.15, -0.1) is 25.8 Å². The van der Waals surface area contributed by atoms with Crippen LogP contribution in [0.15, 0.2) is 25.3 Å². The number of allylic oxidation sites excluding steroid dienone is 1. The van der Waals surface area contributed by atoms with Crippen LogP contribution in [-0.2, 0) is 4.79 Å². The maximum Gasteiger partial charge on any atom is 0.190 e. The van der Waals surface area contributed by atoms with Gasteiger partial charge in [0.1, 0.15) is 0 Å². The van der Waals surface area contributed by atoms with E-state index < -0.39 is 0 Å². The molecule has 68 valence electrons. The summed E-state index contributed by atoms with van der Waals surface area (Å²) in [6.07, 6.45) is 4.30. The van der Waals surface area contributed by atoms with Crippen LogP contribution in [0.5, 0.6) is 0 Å². The number of hydrogen-bond donors (Lipinski definition) is 1. The summed E-state index contributed by atoms with van der Waals surface area (Å²) in [4.78, 5) is 10.9. The predicted molar refractivity (Wildman–Crippen MR) is 59.8 cm³/mol. The Kier molecular flexibility index (Phi) is 7.40. The van der Waals surface area contributed by atoms with E-state index in [1.807, 2.05) is 6.08 Å². The average Bonchev–Trinajstić information content (AvgIpc) is 2.03. The number of carbonyl (C=O) groups is 1. The van der Waals surface area contributed by atoms with Gasteiger partial charge in [-0.05, 0) is 6.42 Å². The first-order valence-corrected chi connectivity index (χ1v) is 5.35. The van der Waals surface area contributed by atoms with Crippen LogP contribution in [0.4, 0.5) is 0 Å². The fourth-order valence-corrected chi connectivity index (χ4v) is 1.93. The molecule has 0 aliphatic heterocycles. The third kappa shape index (κ3) is 5.49. The Morgan fingerprint density at radius 2 is 2.17 bits per heavy atom. The van der Waals surface area contributed by atoms with Crippen molar-refractivity contribution in [2.75, 3.05) is 11.5 Å². The second-order valence-electron chi connectivity index (χ2n) is 2.39. The molecule has 0 saturated carbocycles. The molecule has 0 aromatic carbocycles. The molecule has 0 aliphatic carbocycles. The van der Waals surface area contributed by atoms with Gasteiger partial charge in [0.15, 0.2) is 5.12 Å². The SMILES string of the molecule is C=CCSCC(CC=C)C(=O)S. The van der Waals surface area contributed by atoms with E-state index in [4.69, 9.17) is 0 Å². The Hall–Kier alpha value is -0.150. The maximum atomic E-state index is 10.9. The molecular formula is C9H14OS2. The first kappa shape index (κ1) is 11.8. The maximum absolute atomic E-state index is 10.9. The largest absolute Gasteiger partial charge is 0.287 e. The lowest BCUT2D eigenvalue weighted by Gasteiger charge is -2.08. The van der Waals surface area contributed by atoms with Crippen LogP contribution in [0.3, 0.4) is 0 Å². The van der Waals surface area contributed by atoms with Crippen LogP contribution in [0.25, 0.3) is 0 Å². The van der Waals surface area contributed by atoms with Gasteiger partial charge >= 0.3 is 0 Å². The Labute approximate surface area is 83.7 Å². The monoisotopic (exact) mass is 202 g/mol. The predicted octanol–water partition coefficient (Wildman–Crippen LogP) is 2.55. The highest BCUT2D eigenvalue weighted by molar-refractivity contribution is 8.00. The van der Waals surface area contributed by atoms with Crippen molar-refractivity contribution in [1.29, 1.82) is 0 Å². The molecule has 12 heavy (non-hydrogen) atoms. The summed E-state index contributed by atoms with van der Waals surface area (Å²) >= 11 is 5.50. The van der Waals surface area contributed by atoms with Crippen LogP contribution in [0.1, 0.15) is 6.42 Å². The molecule has 0 amide bonds. The lowest BCUT2D eigenvalue weighted by atomic mass is 10.1. The molecule has 0 radical (unpaired) electrons. The quantitative estimate of drug-likeness (QED) is 0.388. The van der Waals surface area contributed by atoms with Gasteiger partial charge in [-0.3, -0.25) is 4.79 Å². The van der Waals surface area contributed by atoms with E-state index in [1.54, 1.807) is 17.8 Å². The van der Waals surface area contributed by atoms with Crippen molar-refractivity contribution >= 4 is 29.5 Å². The van der Waals surface area contributed by atoms with Crippen LogP contribution in [-0.4, -0.2) is 16.6 Å². The molecule has 0 aliphatic rings. The van der Waals surface area contributed by atoms with E-state index in [0.717, 1.165) is 11.5 Å². The summed E-state index contributed by atoms with van der Waals surface area (Å²) in [6, 6.07) is 0. The van der Waals surface area contributed by atoms with E-state index in [-0.39, 0.29) is 11.0 Å². The molecule has 0 rings (SSSR count). The fourth-order valence-electron chi connectivity index (χ4n) is 0.735. The minimum Gasteiger partial charge on any atom is -0.287 e. The molecular weight excluding hydrogens is 188 g/mol. The molecule has 1 unspecified atom stereocenters. The van der Waals surface area contributed by atoms with Crippen molar-refractivity contribution in [1.82, 2.24) is 0 Å². The molecule has 0 saturated heterocycles. The summed E-state index contributed by atoms with van der Waals surface area (Å²) in [7, 11) is 0. The van der Waals surface area contributed by atoms with Crippen LogP contribution in [0, 0.1) is 5.92 Å². The van der Waals surface area contributed by atoms with Crippen LogP contribution in [0.2, 0.25) is 0 Å². The highest BCUT2D eigenvalue weighted by atomic mass is 32.2. The Bertz CT molecular complexity index is 166. The Morgan fingerprint density at radius 1 is 1.50 bits per heavy atom. The molecule has 0 N–H and O–H groups in total. The number of carbonyl (C=O) groups excluding carboxylic acids is 1. The molecule has 0 fully saturated rings. The third-order valence-corrected chi connectivity index (χ3v) is 2.83. The van der Waals surface area contributed by atoms with Crippen molar-refractivity contribution in [3.8, 4) is 0 Å². The molecule has 0 aromatic rings. The minimum absolute atomic E-state index is 0.00998. The van der Waals surface area contributed by atoms with Gasteiger partial charge < -0.3 is 0 Å². The lowest BCUT2D eigenvalue weighted by Crippen LogP contribution is -2.10. The number of thiol groups is 1. The Balaban J connectivity index is 3.70. The molecule has 1 atom stereocenters. The second kappa shape index (κ2) is 7.50. The van der Waals surface area contributed by atoms with E-state index in [2.05, 4.69) is 25.8 Å². The minimum atomic E-state index is -0.0496. The van der Waals surface area contributed by atoms with Gasteiger partial charge in [0, 0.05) is 17.4 Å². The van der Waals surface area contributed by atoms with Gasteiger partial charge in [-0.1, -0.05) is 12.2 Å². The summed E-state index contributed by atoms with van der Waals surface area (Å²) < 4.78 is 0. The second-order valence-corrected chi connectivity index (χ2v) is 3.90. The first-order valence-electron chi connectivity index (χ1n) is 3.74. The molecule has 0 heterocycles. The van der Waals surface area contributed by atoms with Crippen molar-refractivity contribution in [3.05, 3.63) is 25.3 Å². The van der Waals surface area contributed by atoms with E-state index in [0.29, 0.717) is 6.42 Å². The smallest absolute Gasteiger partial charge is 0.190 e. The molecule has 0 aromatic heterocycles. The van der Waals surface area contributed by atoms with Crippen molar-refractivity contribution in [2.45, 2.75) is 6.42 Å². The van der Waals surface area contributed by atoms with E-state index in [1.165, 1.54) is 0 Å². The van der Waals surface area contributed by atoms with Gasteiger partial charge in [0.05, 0.1) is 0 Å². The van der Waals surface area contributed by atoms with Crippen LogP contribution >= 0.6 is 24.4 Å². The average molecular weight is 202 g/mol. The number of hydrogen-bond acceptors (Lipinski definition) is 2. The fraction of sp³-hybridized carbons (Fsp3) is 0.444. The van der Waals surface area contributed by atoms with Gasteiger partial charge in [-0.2, -0.15) is 11.8 Å². The van der Waals surface area contributed by atoms with E-state index >= 15 is 0 Å². The molecule has 0 spiro atoms. The summed E-state index contributed by atoms with van der Waals surface area (Å²) in [6.45, 7) is 7.20. The highest BCUT2D eigenvalue weighted by Gasteiger charge is 2.12. The van der Waals surface area contributed by atoms with Crippen LogP contribution < -0.4 is 0 Å². The Morgan fingerprint density at radius 3 is 2.58 bits per heavy atom. The zero-order valence-electron chi connectivity index (χ0n) is 7.03. The third-order valence-electron chi connectivity index (χ3n) is 1.36. The van der Waals surface area contributed by atoms with Crippen molar-refractivity contribution in [3.63, 3.8) is 0 Å². The topological polar surface area (TPSA) is 17.1 Å². The number of thioether (sulfide) groups is 1. The van der Waals surface area contributed by atoms with Gasteiger partial charge in [0.25, 0.3) is 0 Å². The highest BCUT2D eigenvalue weighted by Crippen LogP contribution is 2.15. The van der Waals surface area contributed by atoms with Gasteiger partial charge in [-0.25, -0.2) is 0 Å². The summed E-state index contributed by atoms with van der Waals surface area (Å²) in [5.41, 5.74) is 0. The van der Waals surface area contributed by atoms with Crippen molar-refractivity contribution < 1.29 is 4.79 Å². The zero-order chi connectivity index (χ0) is 9.40. The summed E-state index contributed by atoms with van der Waals surface area (Å²) in [5.74, 6) is 1.70. The zero-order valence-corrected chi connectivity index (χ0v) is 8.74.